The van der Waals surface area contributed by atoms with Crippen molar-refractivity contribution in [3.63, 3.8) is 0 Å². The second-order valence-electron chi connectivity index (χ2n) is 3.08. The molecule has 4 nitrogen and oxygen atoms in total. The fourth-order valence-corrected chi connectivity index (χ4v) is 1.10. The molecule has 5 heteroatoms. The average Bonchev–Trinajstić information content (AvgIpc) is 2.12. The number of carbonyl (C=O) groups excluding carboxylic acids is 1. The van der Waals surface area contributed by atoms with Crippen molar-refractivity contribution in [2.45, 2.75) is 6.04 Å². The highest BCUT2D eigenvalue weighted by Crippen LogP contribution is 2.03. The lowest BCUT2D eigenvalue weighted by Crippen LogP contribution is -2.48. The van der Waals surface area contributed by atoms with E-state index in [0.29, 0.717) is 18.8 Å². The van der Waals surface area contributed by atoms with E-state index in [1.54, 1.807) is 0 Å². The van der Waals surface area contributed by atoms with E-state index in [4.69, 9.17) is 4.74 Å². The third-order valence-corrected chi connectivity index (χ3v) is 1.96. The third kappa shape index (κ3) is 1.88. The monoisotopic (exact) mass is 196 g/mol. The summed E-state index contributed by atoms with van der Waals surface area (Å²) < 4.78 is 17.3. The standard InChI is InChI=1S/C9H9FN2O2/c10-8-2-1-6(3-11-8)9(13)12-7-4-14-5-7/h1-3,7H,4-5H2,(H,12,13). The molecule has 1 aliphatic rings. The summed E-state index contributed by atoms with van der Waals surface area (Å²) >= 11 is 0. The van der Waals surface area contributed by atoms with Crippen molar-refractivity contribution in [2.75, 3.05) is 13.2 Å². The Hall–Kier alpha value is -1.49. The van der Waals surface area contributed by atoms with Crippen LogP contribution in [-0.4, -0.2) is 30.1 Å². The molecule has 2 heterocycles. The quantitative estimate of drug-likeness (QED) is 0.694. The van der Waals surface area contributed by atoms with Crippen molar-refractivity contribution in [1.82, 2.24) is 10.3 Å². The molecule has 74 valence electrons. The van der Waals surface area contributed by atoms with Gasteiger partial charge in [-0.2, -0.15) is 4.39 Å². The number of carbonyl (C=O) groups is 1. The molecule has 0 radical (unpaired) electrons. The van der Waals surface area contributed by atoms with Crippen LogP contribution in [0.3, 0.4) is 0 Å². The molecule has 0 aliphatic carbocycles. The topological polar surface area (TPSA) is 51.2 Å². The van der Waals surface area contributed by atoms with Crippen molar-refractivity contribution >= 4 is 5.91 Å². The molecule has 14 heavy (non-hydrogen) atoms. The highest BCUT2D eigenvalue weighted by atomic mass is 19.1. The number of pyridine rings is 1. The van der Waals surface area contributed by atoms with E-state index in [9.17, 15) is 9.18 Å². The molecule has 1 saturated heterocycles. The minimum atomic E-state index is -0.589. The first kappa shape index (κ1) is 9.08. The smallest absolute Gasteiger partial charge is 0.253 e. The number of hydrogen-bond acceptors (Lipinski definition) is 3. The van der Waals surface area contributed by atoms with Gasteiger partial charge in [-0.3, -0.25) is 4.79 Å². The predicted octanol–water partition coefficient (Wildman–Crippen LogP) is 0.349. The van der Waals surface area contributed by atoms with Gasteiger partial charge in [0.15, 0.2) is 0 Å². The molecular weight excluding hydrogens is 187 g/mol. The van der Waals surface area contributed by atoms with E-state index in [-0.39, 0.29) is 11.9 Å². The fourth-order valence-electron chi connectivity index (χ4n) is 1.10. The molecule has 0 bridgehead atoms. The number of ether oxygens (including phenoxy) is 1. The van der Waals surface area contributed by atoms with Crippen molar-refractivity contribution in [1.29, 1.82) is 0 Å². The van der Waals surface area contributed by atoms with Crippen molar-refractivity contribution in [3.05, 3.63) is 29.8 Å². The number of amides is 1. The van der Waals surface area contributed by atoms with Gasteiger partial charge in [0.2, 0.25) is 5.95 Å². The Balaban J connectivity index is 1.99. The maximum Gasteiger partial charge on any atom is 0.253 e. The van der Waals surface area contributed by atoms with Crippen LogP contribution in [0.1, 0.15) is 10.4 Å². The fraction of sp³-hybridized carbons (Fsp3) is 0.333. The summed E-state index contributed by atoms with van der Waals surface area (Å²) in [5, 5.41) is 2.73. The lowest BCUT2D eigenvalue weighted by Gasteiger charge is -2.26. The number of hydrogen-bond donors (Lipinski definition) is 1. The Morgan fingerprint density at radius 1 is 1.57 bits per heavy atom. The second kappa shape index (κ2) is 3.71. The zero-order chi connectivity index (χ0) is 9.97. The molecule has 0 saturated carbocycles. The van der Waals surface area contributed by atoms with E-state index in [2.05, 4.69) is 10.3 Å². The van der Waals surface area contributed by atoms with Crippen LogP contribution < -0.4 is 5.32 Å². The molecular formula is C9H9FN2O2. The molecule has 0 aromatic carbocycles. The Bertz CT molecular complexity index is 335. The summed E-state index contributed by atoms with van der Waals surface area (Å²) in [5.74, 6) is -0.834. The van der Waals surface area contributed by atoms with Crippen LogP contribution in [0.15, 0.2) is 18.3 Å². The van der Waals surface area contributed by atoms with Gasteiger partial charge in [0.1, 0.15) is 0 Å². The first-order valence-corrected chi connectivity index (χ1v) is 4.26. The number of nitrogens with one attached hydrogen (secondary N) is 1. The molecule has 1 aliphatic heterocycles. The van der Waals surface area contributed by atoms with Crippen LogP contribution in [0, 0.1) is 5.95 Å². The van der Waals surface area contributed by atoms with Crippen molar-refractivity contribution in [3.8, 4) is 0 Å². The first-order valence-electron chi connectivity index (χ1n) is 4.26. The summed E-state index contributed by atoms with van der Waals surface area (Å²) in [6.07, 6.45) is 1.21. The average molecular weight is 196 g/mol. The number of halogens is 1. The van der Waals surface area contributed by atoms with Gasteiger partial charge in [0.05, 0.1) is 24.8 Å². The van der Waals surface area contributed by atoms with E-state index < -0.39 is 5.95 Å². The highest BCUT2D eigenvalue weighted by Gasteiger charge is 2.20. The second-order valence-corrected chi connectivity index (χ2v) is 3.08. The van der Waals surface area contributed by atoms with Gasteiger partial charge in [-0.25, -0.2) is 4.98 Å². The molecule has 0 spiro atoms. The SMILES string of the molecule is O=C(NC1COC1)c1ccc(F)nc1. The van der Waals surface area contributed by atoms with Crippen LogP contribution in [0.4, 0.5) is 4.39 Å². The van der Waals surface area contributed by atoms with Gasteiger partial charge >= 0.3 is 0 Å². The minimum Gasteiger partial charge on any atom is -0.377 e. The predicted molar refractivity (Wildman–Crippen MR) is 46.3 cm³/mol. The zero-order valence-corrected chi connectivity index (χ0v) is 7.37. The molecule has 1 aromatic rings. The first-order chi connectivity index (χ1) is 6.75. The Labute approximate surface area is 80.1 Å². The van der Waals surface area contributed by atoms with Crippen molar-refractivity contribution < 1.29 is 13.9 Å². The van der Waals surface area contributed by atoms with Crippen LogP contribution in [0.5, 0.6) is 0 Å². The van der Waals surface area contributed by atoms with Gasteiger partial charge in [0, 0.05) is 6.20 Å². The van der Waals surface area contributed by atoms with Crippen LogP contribution >= 0.6 is 0 Å². The lowest BCUT2D eigenvalue weighted by atomic mass is 10.2. The van der Waals surface area contributed by atoms with E-state index in [1.165, 1.54) is 12.3 Å². The van der Waals surface area contributed by atoms with E-state index in [0.717, 1.165) is 6.07 Å². The van der Waals surface area contributed by atoms with E-state index in [1.807, 2.05) is 0 Å². The van der Waals surface area contributed by atoms with Crippen LogP contribution in [0.2, 0.25) is 0 Å². The molecule has 0 atom stereocenters. The maximum absolute atomic E-state index is 12.4. The van der Waals surface area contributed by atoms with Crippen LogP contribution in [-0.2, 0) is 4.74 Å². The molecule has 1 N–H and O–H groups in total. The van der Waals surface area contributed by atoms with Gasteiger partial charge < -0.3 is 10.1 Å². The summed E-state index contributed by atoms with van der Waals surface area (Å²) in [6.45, 7) is 1.08. The van der Waals surface area contributed by atoms with Crippen LogP contribution in [0.25, 0.3) is 0 Å². The Morgan fingerprint density at radius 3 is 2.86 bits per heavy atom. The van der Waals surface area contributed by atoms with E-state index >= 15 is 0 Å². The lowest BCUT2D eigenvalue weighted by molar-refractivity contribution is -0.00347. The van der Waals surface area contributed by atoms with Crippen molar-refractivity contribution in [2.24, 2.45) is 0 Å². The summed E-state index contributed by atoms with van der Waals surface area (Å²) in [4.78, 5) is 14.8. The number of rotatable bonds is 2. The number of aromatic nitrogens is 1. The third-order valence-electron chi connectivity index (χ3n) is 1.96. The molecule has 1 fully saturated rings. The Morgan fingerprint density at radius 2 is 2.36 bits per heavy atom. The Kier molecular flexibility index (Phi) is 2.41. The molecule has 2 rings (SSSR count). The summed E-state index contributed by atoms with van der Waals surface area (Å²) in [5.41, 5.74) is 0.360. The molecule has 1 aromatic heterocycles. The van der Waals surface area contributed by atoms with Gasteiger partial charge in [-0.1, -0.05) is 0 Å². The summed E-state index contributed by atoms with van der Waals surface area (Å²) in [6, 6.07) is 2.64. The normalized spacial score (nSPS) is 16.1. The molecule has 0 unspecified atom stereocenters. The van der Waals surface area contributed by atoms with Gasteiger partial charge in [-0.05, 0) is 12.1 Å². The van der Waals surface area contributed by atoms with Gasteiger partial charge in [0.25, 0.3) is 5.91 Å². The zero-order valence-electron chi connectivity index (χ0n) is 7.37. The summed E-state index contributed by atoms with van der Waals surface area (Å²) in [7, 11) is 0. The number of nitrogens with zero attached hydrogens (tertiary/aromatic N) is 1. The highest BCUT2D eigenvalue weighted by molar-refractivity contribution is 5.94. The molecule has 1 amide bonds. The minimum absolute atomic E-state index is 0.0764. The van der Waals surface area contributed by atoms with Gasteiger partial charge in [-0.15, -0.1) is 0 Å². The maximum atomic E-state index is 12.4. The largest absolute Gasteiger partial charge is 0.377 e.